The summed E-state index contributed by atoms with van der Waals surface area (Å²) in [5, 5.41) is 14.4. The maximum Gasteiger partial charge on any atom is 0.282 e. The van der Waals surface area contributed by atoms with E-state index >= 15 is 0 Å². The summed E-state index contributed by atoms with van der Waals surface area (Å²) in [7, 11) is -3.94. The van der Waals surface area contributed by atoms with E-state index in [0.717, 1.165) is 18.5 Å². The molecular formula is C28H43N5O5S2. The predicted molar refractivity (Wildman–Crippen MR) is 158 cm³/mol. The molecule has 1 unspecified atom stereocenters. The number of rotatable bonds is 6. The number of β-amino-alcohol motifs (C(OH)–C–C–N with tert-alkyl or cyclic N) is 1. The van der Waals surface area contributed by atoms with Crippen molar-refractivity contribution >= 4 is 25.9 Å². The molecule has 2 aliphatic heterocycles. The Kier molecular flexibility index (Phi) is 10.6. The number of benzene rings is 2. The second kappa shape index (κ2) is 13.7. The van der Waals surface area contributed by atoms with Gasteiger partial charge in [0.25, 0.3) is 10.2 Å². The third-order valence-corrected chi connectivity index (χ3v) is 11.6. The van der Waals surface area contributed by atoms with E-state index in [1.54, 1.807) is 24.3 Å². The van der Waals surface area contributed by atoms with Crippen LogP contribution in [0.3, 0.4) is 0 Å². The van der Waals surface area contributed by atoms with Crippen molar-refractivity contribution in [1.29, 1.82) is 0 Å². The van der Waals surface area contributed by atoms with Gasteiger partial charge < -0.3 is 15.3 Å². The van der Waals surface area contributed by atoms with Crippen molar-refractivity contribution in [3.63, 3.8) is 0 Å². The zero-order valence-electron chi connectivity index (χ0n) is 23.5. The van der Waals surface area contributed by atoms with E-state index in [1.165, 1.54) is 18.5 Å². The highest BCUT2D eigenvalue weighted by molar-refractivity contribution is 7.89. The minimum absolute atomic E-state index is 0.149. The third kappa shape index (κ3) is 7.61. The Morgan fingerprint density at radius 1 is 0.775 bits per heavy atom. The van der Waals surface area contributed by atoms with Gasteiger partial charge in [-0.05, 0) is 74.5 Å². The first-order valence-electron chi connectivity index (χ1n) is 14.1. The molecule has 222 valence electrons. The summed E-state index contributed by atoms with van der Waals surface area (Å²) >= 11 is 0. The van der Waals surface area contributed by atoms with Crippen LogP contribution in [-0.2, 0) is 20.2 Å². The molecule has 4 rings (SSSR count). The fraction of sp³-hybridized carbons (Fsp3) is 0.571. The molecule has 2 saturated heterocycles. The highest BCUT2D eigenvalue weighted by Gasteiger charge is 2.35. The standard InChI is InChI=1S/C28H43N5O5S2/c1-30(2)26-10-12-28(13-11-26)39(35,36)32-18-6-16-29-17-7-19-33(23-27(34)22-32)40(37,38)31-20-14-25(15-21-31)24-8-4-3-5-9-24/h3-5,8-13,25,27,29,34H,6-7,14-23H2,1-2H3. The summed E-state index contributed by atoms with van der Waals surface area (Å²) in [5.41, 5.74) is 2.11. The number of nitrogens with zero attached hydrogens (tertiary/aromatic N) is 4. The van der Waals surface area contributed by atoms with Crippen molar-refractivity contribution in [2.75, 3.05) is 71.4 Å². The average Bonchev–Trinajstić information content (AvgIpc) is 2.95. The minimum atomic E-state index is -3.88. The Balaban J connectivity index is 1.47. The van der Waals surface area contributed by atoms with E-state index in [1.807, 2.05) is 37.2 Å². The molecule has 10 nitrogen and oxygen atoms in total. The topological polar surface area (TPSA) is 114 Å². The van der Waals surface area contributed by atoms with E-state index < -0.39 is 26.3 Å². The monoisotopic (exact) mass is 593 g/mol. The molecule has 2 N–H and O–H groups in total. The summed E-state index contributed by atoms with van der Waals surface area (Å²) in [6.45, 7) is 2.17. The lowest BCUT2D eigenvalue weighted by Gasteiger charge is -2.36. The zero-order chi connectivity index (χ0) is 28.8. The summed E-state index contributed by atoms with van der Waals surface area (Å²) in [5.74, 6) is 0.319. The normalized spacial score (nSPS) is 22.3. The van der Waals surface area contributed by atoms with Gasteiger partial charge in [-0.25, -0.2) is 8.42 Å². The van der Waals surface area contributed by atoms with Crippen molar-refractivity contribution in [3.05, 3.63) is 60.2 Å². The SMILES string of the molecule is CN(C)c1ccc(S(=O)(=O)N2CCCNCCCN(S(=O)(=O)N3CCC(c4ccccc4)CC3)CC(O)C2)cc1. The van der Waals surface area contributed by atoms with Crippen molar-refractivity contribution < 1.29 is 21.9 Å². The number of sulfonamides is 1. The highest BCUT2D eigenvalue weighted by atomic mass is 32.2. The van der Waals surface area contributed by atoms with Crippen LogP contribution in [0.5, 0.6) is 0 Å². The van der Waals surface area contributed by atoms with Gasteiger partial charge in [0, 0.05) is 59.1 Å². The Hall–Kier alpha value is -2.06. The molecule has 0 bridgehead atoms. The Morgan fingerprint density at radius 3 is 1.95 bits per heavy atom. The summed E-state index contributed by atoms with van der Waals surface area (Å²) in [6.07, 6.45) is 1.49. The second-order valence-corrected chi connectivity index (χ2v) is 14.7. The van der Waals surface area contributed by atoms with Crippen molar-refractivity contribution in [2.24, 2.45) is 0 Å². The van der Waals surface area contributed by atoms with E-state index in [-0.39, 0.29) is 31.1 Å². The molecular weight excluding hydrogens is 550 g/mol. The maximum atomic E-state index is 13.7. The fourth-order valence-electron chi connectivity index (χ4n) is 5.40. The van der Waals surface area contributed by atoms with Crippen LogP contribution >= 0.6 is 0 Å². The van der Waals surface area contributed by atoms with Crippen LogP contribution in [0, 0.1) is 0 Å². The first-order valence-corrected chi connectivity index (χ1v) is 16.9. The van der Waals surface area contributed by atoms with Gasteiger partial charge in [0.05, 0.1) is 11.0 Å². The first kappa shape index (κ1) is 30.9. The fourth-order valence-corrected chi connectivity index (χ4v) is 8.63. The molecule has 0 spiro atoms. The van der Waals surface area contributed by atoms with Gasteiger partial charge in [-0.3, -0.25) is 0 Å². The number of hydrogen-bond donors (Lipinski definition) is 2. The van der Waals surface area contributed by atoms with E-state index in [4.69, 9.17) is 0 Å². The van der Waals surface area contributed by atoms with Crippen LogP contribution in [0.15, 0.2) is 59.5 Å². The van der Waals surface area contributed by atoms with Gasteiger partial charge in [0.1, 0.15) is 0 Å². The van der Waals surface area contributed by atoms with Crippen LogP contribution in [0.4, 0.5) is 5.69 Å². The molecule has 2 fully saturated rings. The molecule has 0 amide bonds. The summed E-state index contributed by atoms with van der Waals surface area (Å²) in [6, 6.07) is 16.8. The Morgan fingerprint density at radius 2 is 1.35 bits per heavy atom. The molecule has 12 heteroatoms. The zero-order valence-corrected chi connectivity index (χ0v) is 25.2. The number of aliphatic hydroxyl groups excluding tert-OH is 1. The van der Waals surface area contributed by atoms with E-state index in [0.29, 0.717) is 44.9 Å². The van der Waals surface area contributed by atoms with Crippen LogP contribution in [0.25, 0.3) is 0 Å². The van der Waals surface area contributed by atoms with Gasteiger partial charge in [-0.2, -0.15) is 21.3 Å². The van der Waals surface area contributed by atoms with Gasteiger partial charge in [0.2, 0.25) is 10.0 Å². The second-order valence-electron chi connectivity index (χ2n) is 10.8. The van der Waals surface area contributed by atoms with Crippen LogP contribution < -0.4 is 10.2 Å². The van der Waals surface area contributed by atoms with Gasteiger partial charge >= 0.3 is 0 Å². The van der Waals surface area contributed by atoms with E-state index in [9.17, 15) is 21.9 Å². The number of hydrogen-bond acceptors (Lipinski definition) is 7. The lowest BCUT2D eigenvalue weighted by molar-refractivity contribution is 0.117. The molecule has 0 radical (unpaired) electrons. The molecule has 40 heavy (non-hydrogen) atoms. The van der Waals surface area contributed by atoms with Crippen LogP contribution in [-0.4, -0.2) is 107 Å². The average molecular weight is 594 g/mol. The maximum absolute atomic E-state index is 13.7. The summed E-state index contributed by atoms with van der Waals surface area (Å²) in [4.78, 5) is 2.04. The molecule has 0 aromatic heterocycles. The molecule has 1 atom stereocenters. The lowest BCUT2D eigenvalue weighted by Crippen LogP contribution is -2.51. The summed E-state index contributed by atoms with van der Waals surface area (Å²) < 4.78 is 58.7. The van der Waals surface area contributed by atoms with E-state index in [2.05, 4.69) is 17.4 Å². The highest BCUT2D eigenvalue weighted by Crippen LogP contribution is 2.30. The predicted octanol–water partition coefficient (Wildman–Crippen LogP) is 1.91. The van der Waals surface area contributed by atoms with Gasteiger partial charge in [-0.15, -0.1) is 0 Å². The van der Waals surface area contributed by atoms with Crippen molar-refractivity contribution in [3.8, 4) is 0 Å². The molecule has 2 aromatic rings. The van der Waals surface area contributed by atoms with Crippen LogP contribution in [0.1, 0.15) is 37.2 Å². The Labute approximate surface area is 239 Å². The molecule has 2 heterocycles. The van der Waals surface area contributed by atoms with Crippen molar-refractivity contribution in [1.82, 2.24) is 18.2 Å². The number of anilines is 1. The number of piperidine rings is 1. The number of aliphatic hydroxyl groups is 1. The molecule has 2 aromatic carbocycles. The van der Waals surface area contributed by atoms with Crippen LogP contribution in [0.2, 0.25) is 0 Å². The largest absolute Gasteiger partial charge is 0.390 e. The third-order valence-electron chi connectivity index (χ3n) is 7.72. The minimum Gasteiger partial charge on any atom is -0.390 e. The first-order chi connectivity index (χ1) is 19.1. The smallest absolute Gasteiger partial charge is 0.282 e. The lowest BCUT2D eigenvalue weighted by atomic mass is 9.90. The molecule has 2 aliphatic rings. The van der Waals surface area contributed by atoms with Crippen molar-refractivity contribution in [2.45, 2.75) is 42.6 Å². The number of nitrogens with one attached hydrogen (secondary N) is 1. The Bertz CT molecular complexity index is 1280. The van der Waals surface area contributed by atoms with Gasteiger partial charge in [-0.1, -0.05) is 30.3 Å². The molecule has 0 aliphatic carbocycles. The molecule has 0 saturated carbocycles. The quantitative estimate of drug-likeness (QED) is 0.526. The van der Waals surface area contributed by atoms with Gasteiger partial charge in [0.15, 0.2) is 0 Å².